The summed E-state index contributed by atoms with van der Waals surface area (Å²) in [5.41, 5.74) is 1.78. The molecule has 0 radical (unpaired) electrons. The zero-order valence-corrected chi connectivity index (χ0v) is 17.0. The first-order valence-electron chi connectivity index (χ1n) is 9.09. The van der Waals surface area contributed by atoms with Crippen LogP contribution in [0.15, 0.2) is 34.9 Å². The molecule has 3 aromatic rings. The fraction of sp³-hybridized carbons (Fsp3) is 0.368. The zero-order chi connectivity index (χ0) is 19.2. The smallest absolute Gasteiger partial charge is 0.322 e. The molecule has 3 aromatic heterocycles. The molecule has 3 heterocycles. The van der Waals surface area contributed by atoms with Crippen LogP contribution in [0.2, 0.25) is 19.6 Å². The molecule has 0 aliphatic heterocycles. The van der Waals surface area contributed by atoms with Crippen molar-refractivity contribution in [3.05, 3.63) is 30.5 Å². The highest BCUT2D eigenvalue weighted by Gasteiger charge is 2.29. The molecule has 1 aliphatic rings. The molecule has 0 unspecified atom stereocenters. The van der Waals surface area contributed by atoms with Gasteiger partial charge < -0.3 is 9.32 Å². The van der Waals surface area contributed by atoms with Crippen molar-refractivity contribution in [1.29, 1.82) is 0 Å². The maximum atomic E-state index is 12.2. The third-order valence-electron chi connectivity index (χ3n) is 4.65. The highest BCUT2D eigenvalue weighted by atomic mass is 28.3. The summed E-state index contributed by atoms with van der Waals surface area (Å²) in [6, 6.07) is 7.69. The third-order valence-corrected chi connectivity index (χ3v) is 6.40. The van der Waals surface area contributed by atoms with E-state index in [1.54, 1.807) is 24.2 Å². The number of fused-ring (bicyclic) bond motifs is 1. The number of amides is 2. The Kier molecular flexibility index (Phi) is 4.22. The quantitative estimate of drug-likeness (QED) is 0.700. The van der Waals surface area contributed by atoms with Gasteiger partial charge in [-0.05, 0) is 37.1 Å². The first-order valence-corrected chi connectivity index (χ1v) is 12.6. The molecular formula is C19H23N5O2Si. The number of nitrogens with one attached hydrogen (secondary N) is 1. The summed E-state index contributed by atoms with van der Waals surface area (Å²) in [6.07, 6.45) is 3.81. The van der Waals surface area contributed by atoms with Crippen molar-refractivity contribution in [2.24, 2.45) is 0 Å². The Balaban J connectivity index is 1.61. The van der Waals surface area contributed by atoms with Crippen LogP contribution in [-0.2, 0) is 0 Å². The van der Waals surface area contributed by atoms with Gasteiger partial charge in [-0.1, -0.05) is 19.6 Å². The standard InChI is InChI=1S/C19H23N5O2Si/c1-24(12-5-6-12)19(25)23-16-9-7-13-18(22-16)21-14(11-20-13)15-8-10-17(26-15)27(2,3)4/h7-12H,5-6H2,1-4H3,(H,21,22,23,25). The first-order chi connectivity index (χ1) is 12.8. The lowest BCUT2D eigenvalue weighted by atomic mass is 10.3. The number of anilines is 1. The first kappa shape index (κ1) is 17.7. The Hall–Kier alpha value is -2.74. The second-order valence-corrected chi connectivity index (χ2v) is 13.0. The Bertz CT molecular complexity index is 1010. The number of pyridine rings is 1. The summed E-state index contributed by atoms with van der Waals surface area (Å²) in [5, 5.41) is 3.85. The fourth-order valence-electron chi connectivity index (χ4n) is 2.79. The van der Waals surface area contributed by atoms with Crippen LogP contribution in [0.25, 0.3) is 22.6 Å². The number of carbonyl (C=O) groups is 1. The third kappa shape index (κ3) is 3.71. The molecule has 1 saturated carbocycles. The molecule has 140 valence electrons. The van der Waals surface area contributed by atoms with Gasteiger partial charge in [0.2, 0.25) is 0 Å². The predicted molar refractivity (Wildman–Crippen MR) is 108 cm³/mol. The molecule has 7 nitrogen and oxygen atoms in total. The van der Waals surface area contributed by atoms with Gasteiger partial charge in [-0.3, -0.25) is 10.3 Å². The van der Waals surface area contributed by atoms with Gasteiger partial charge in [0.05, 0.1) is 11.6 Å². The van der Waals surface area contributed by atoms with E-state index in [9.17, 15) is 4.79 Å². The summed E-state index contributed by atoms with van der Waals surface area (Å²) >= 11 is 0. The van der Waals surface area contributed by atoms with Crippen LogP contribution in [0.4, 0.5) is 10.6 Å². The lowest BCUT2D eigenvalue weighted by Crippen LogP contribution is -2.36. The van der Waals surface area contributed by atoms with E-state index in [-0.39, 0.29) is 6.03 Å². The van der Waals surface area contributed by atoms with Crippen LogP contribution >= 0.6 is 0 Å². The van der Waals surface area contributed by atoms with Crippen LogP contribution in [0, 0.1) is 0 Å². The second kappa shape index (κ2) is 6.45. The number of carbonyl (C=O) groups excluding carboxylic acids is 1. The lowest BCUT2D eigenvalue weighted by Gasteiger charge is -2.16. The number of aromatic nitrogens is 3. The SMILES string of the molecule is CN(C(=O)Nc1ccc2ncc(-c3ccc([Si](C)(C)C)o3)nc2n1)C1CC1. The van der Waals surface area contributed by atoms with E-state index in [2.05, 4.69) is 39.9 Å². The van der Waals surface area contributed by atoms with Crippen LogP contribution in [0.5, 0.6) is 0 Å². The number of hydrogen-bond acceptors (Lipinski definition) is 5. The predicted octanol–water partition coefficient (Wildman–Crippen LogP) is 3.46. The Morgan fingerprint density at radius 3 is 2.63 bits per heavy atom. The number of urea groups is 1. The van der Waals surface area contributed by atoms with E-state index in [1.807, 2.05) is 18.2 Å². The van der Waals surface area contributed by atoms with Gasteiger partial charge in [-0.25, -0.2) is 14.8 Å². The minimum atomic E-state index is -1.52. The van der Waals surface area contributed by atoms with E-state index < -0.39 is 8.07 Å². The monoisotopic (exact) mass is 381 g/mol. The molecule has 2 amide bonds. The molecule has 8 heteroatoms. The highest BCUT2D eigenvalue weighted by molar-refractivity contribution is 6.87. The maximum Gasteiger partial charge on any atom is 0.322 e. The fourth-order valence-corrected chi connectivity index (χ4v) is 3.79. The topological polar surface area (TPSA) is 84.2 Å². The molecular weight excluding hydrogens is 358 g/mol. The number of nitrogens with zero attached hydrogens (tertiary/aromatic N) is 4. The number of hydrogen-bond donors (Lipinski definition) is 1. The van der Waals surface area contributed by atoms with E-state index in [4.69, 9.17) is 4.42 Å². The van der Waals surface area contributed by atoms with Crippen molar-refractivity contribution >= 4 is 36.5 Å². The largest absolute Gasteiger partial charge is 0.465 e. The van der Waals surface area contributed by atoms with Gasteiger partial charge in [0.1, 0.15) is 25.1 Å². The average molecular weight is 382 g/mol. The van der Waals surface area contributed by atoms with Crippen LogP contribution in [0.3, 0.4) is 0 Å². The van der Waals surface area contributed by atoms with E-state index in [0.29, 0.717) is 34.5 Å². The molecule has 0 atom stereocenters. The molecule has 27 heavy (non-hydrogen) atoms. The van der Waals surface area contributed by atoms with Gasteiger partial charge in [0.15, 0.2) is 11.4 Å². The number of rotatable bonds is 4. The van der Waals surface area contributed by atoms with E-state index in [0.717, 1.165) is 18.2 Å². The second-order valence-electron chi connectivity index (χ2n) is 7.98. The van der Waals surface area contributed by atoms with Gasteiger partial charge >= 0.3 is 6.03 Å². The molecule has 1 N–H and O–H groups in total. The summed E-state index contributed by atoms with van der Waals surface area (Å²) in [5.74, 6) is 1.15. The summed E-state index contributed by atoms with van der Waals surface area (Å²) < 4.78 is 6.00. The van der Waals surface area contributed by atoms with Gasteiger partial charge in [0.25, 0.3) is 0 Å². The molecule has 1 aliphatic carbocycles. The molecule has 4 rings (SSSR count). The molecule has 0 aromatic carbocycles. The number of furan rings is 1. The van der Waals surface area contributed by atoms with E-state index >= 15 is 0 Å². The minimum absolute atomic E-state index is 0.153. The van der Waals surface area contributed by atoms with Crippen LogP contribution < -0.4 is 10.7 Å². The maximum absolute atomic E-state index is 12.2. The van der Waals surface area contributed by atoms with Crippen molar-refractivity contribution in [1.82, 2.24) is 19.9 Å². The Labute approximate surface area is 158 Å². The zero-order valence-electron chi connectivity index (χ0n) is 16.0. The molecule has 0 spiro atoms. The van der Waals surface area contributed by atoms with Crippen molar-refractivity contribution in [2.75, 3.05) is 12.4 Å². The van der Waals surface area contributed by atoms with Gasteiger partial charge in [0, 0.05) is 13.1 Å². The molecule has 0 bridgehead atoms. The van der Waals surface area contributed by atoms with E-state index in [1.165, 1.54) is 0 Å². The van der Waals surface area contributed by atoms with Crippen LogP contribution in [-0.4, -0.2) is 47.0 Å². The van der Waals surface area contributed by atoms with Crippen molar-refractivity contribution in [2.45, 2.75) is 38.5 Å². The summed E-state index contributed by atoms with van der Waals surface area (Å²) in [4.78, 5) is 27.4. The lowest BCUT2D eigenvalue weighted by molar-refractivity contribution is 0.220. The van der Waals surface area contributed by atoms with Gasteiger partial charge in [-0.15, -0.1) is 0 Å². The van der Waals surface area contributed by atoms with Crippen LogP contribution in [0.1, 0.15) is 12.8 Å². The summed E-state index contributed by atoms with van der Waals surface area (Å²) in [6.45, 7) is 6.70. The van der Waals surface area contributed by atoms with Crippen molar-refractivity contribution in [3.63, 3.8) is 0 Å². The Morgan fingerprint density at radius 1 is 1.19 bits per heavy atom. The van der Waals surface area contributed by atoms with Crippen molar-refractivity contribution in [3.8, 4) is 11.5 Å². The van der Waals surface area contributed by atoms with Crippen molar-refractivity contribution < 1.29 is 9.21 Å². The molecule has 0 saturated heterocycles. The highest BCUT2D eigenvalue weighted by Crippen LogP contribution is 2.26. The van der Waals surface area contributed by atoms with Gasteiger partial charge in [-0.2, -0.15) is 0 Å². The normalized spacial score (nSPS) is 14.4. The Morgan fingerprint density at radius 2 is 1.96 bits per heavy atom. The average Bonchev–Trinajstić information content (AvgIpc) is 3.35. The summed E-state index contributed by atoms with van der Waals surface area (Å²) in [7, 11) is 0.280. The minimum Gasteiger partial charge on any atom is -0.465 e. The molecule has 1 fully saturated rings.